The molecule has 2 aliphatic carbocycles. The fourth-order valence-corrected chi connectivity index (χ4v) is 4.20. The van der Waals surface area contributed by atoms with E-state index >= 15 is 0 Å². The van der Waals surface area contributed by atoms with Crippen molar-refractivity contribution in [2.75, 3.05) is 13.1 Å². The molecule has 2 fully saturated rings. The second kappa shape index (κ2) is 5.18. The highest BCUT2D eigenvalue weighted by Gasteiger charge is 2.53. The van der Waals surface area contributed by atoms with Gasteiger partial charge in [-0.25, -0.2) is 0 Å². The van der Waals surface area contributed by atoms with Crippen LogP contribution in [0.3, 0.4) is 0 Å². The molecule has 1 N–H and O–H groups in total. The molecule has 1 aromatic rings. The van der Waals surface area contributed by atoms with Crippen LogP contribution < -0.4 is 5.32 Å². The van der Waals surface area contributed by atoms with Crippen molar-refractivity contribution in [3.63, 3.8) is 0 Å². The zero-order chi connectivity index (χ0) is 14.3. The molecule has 2 unspecified atom stereocenters. The third-order valence-electron chi connectivity index (χ3n) is 5.17. The van der Waals surface area contributed by atoms with Gasteiger partial charge in [0.25, 0.3) is 0 Å². The Morgan fingerprint density at radius 1 is 1.40 bits per heavy atom. The van der Waals surface area contributed by atoms with E-state index in [0.29, 0.717) is 5.41 Å². The summed E-state index contributed by atoms with van der Waals surface area (Å²) in [5.41, 5.74) is 3.05. The van der Waals surface area contributed by atoms with Gasteiger partial charge >= 0.3 is 0 Å². The molecule has 2 saturated carbocycles. The third-order valence-corrected chi connectivity index (χ3v) is 5.17. The van der Waals surface area contributed by atoms with E-state index in [1.165, 1.54) is 37.9 Å². The first kappa shape index (κ1) is 14.1. The molecule has 0 aliphatic heterocycles. The number of rotatable bonds is 6. The minimum absolute atomic E-state index is 0.489. The normalized spacial score (nSPS) is 31.9. The van der Waals surface area contributed by atoms with Crippen LogP contribution in [0.2, 0.25) is 0 Å². The van der Waals surface area contributed by atoms with Gasteiger partial charge in [0.2, 0.25) is 0 Å². The van der Waals surface area contributed by atoms with Crippen molar-refractivity contribution in [2.45, 2.75) is 46.5 Å². The van der Waals surface area contributed by atoms with Crippen molar-refractivity contribution in [1.82, 2.24) is 15.1 Å². The fourth-order valence-electron chi connectivity index (χ4n) is 4.20. The zero-order valence-electron chi connectivity index (χ0n) is 13.4. The first-order chi connectivity index (χ1) is 9.47. The lowest BCUT2D eigenvalue weighted by atomic mass is 9.78. The van der Waals surface area contributed by atoms with Crippen LogP contribution in [0.4, 0.5) is 0 Å². The molecule has 20 heavy (non-hydrogen) atoms. The quantitative estimate of drug-likeness (QED) is 0.865. The van der Waals surface area contributed by atoms with Gasteiger partial charge in [-0.05, 0) is 68.4 Å². The molecule has 0 saturated heterocycles. The number of nitrogens with one attached hydrogen (secondary N) is 1. The van der Waals surface area contributed by atoms with Crippen molar-refractivity contribution in [1.29, 1.82) is 0 Å². The van der Waals surface area contributed by atoms with Crippen LogP contribution in [0, 0.1) is 30.1 Å². The van der Waals surface area contributed by atoms with Crippen molar-refractivity contribution in [3.05, 3.63) is 17.5 Å². The van der Waals surface area contributed by atoms with E-state index < -0.39 is 0 Å². The Balaban J connectivity index is 1.68. The zero-order valence-corrected chi connectivity index (χ0v) is 13.4. The van der Waals surface area contributed by atoms with Gasteiger partial charge < -0.3 is 5.32 Å². The topological polar surface area (TPSA) is 29.9 Å². The molecular formula is C17H29N3. The van der Waals surface area contributed by atoms with Crippen molar-refractivity contribution in [2.24, 2.45) is 30.2 Å². The maximum Gasteiger partial charge on any atom is 0.0596 e. The van der Waals surface area contributed by atoms with Crippen molar-refractivity contribution in [3.8, 4) is 0 Å². The Morgan fingerprint density at radius 3 is 2.65 bits per heavy atom. The molecule has 3 heteroatoms. The number of aromatic nitrogens is 2. The van der Waals surface area contributed by atoms with Crippen LogP contribution in [0.25, 0.3) is 0 Å². The maximum absolute atomic E-state index is 4.52. The Morgan fingerprint density at radius 2 is 2.10 bits per heavy atom. The van der Waals surface area contributed by atoms with Gasteiger partial charge in [-0.3, -0.25) is 4.68 Å². The van der Waals surface area contributed by atoms with Gasteiger partial charge in [0.1, 0.15) is 0 Å². The van der Waals surface area contributed by atoms with Crippen LogP contribution in [0.1, 0.15) is 44.5 Å². The van der Waals surface area contributed by atoms with Gasteiger partial charge in [0.15, 0.2) is 0 Å². The molecule has 112 valence electrons. The molecule has 0 amide bonds. The summed E-state index contributed by atoms with van der Waals surface area (Å²) in [7, 11) is 2.09. The standard InChI is InChI=1S/C17H29N3/c1-12(2)10-18-11-17(7-14-6-15(14)8-17)9-16-5-13(3)19-20(16)4/h5,12,14-15,18H,6-11H2,1-4H3. The third kappa shape index (κ3) is 2.93. The van der Waals surface area contributed by atoms with E-state index in [2.05, 4.69) is 49.0 Å². The Hall–Kier alpha value is -0.830. The van der Waals surface area contributed by atoms with Crippen molar-refractivity contribution >= 4 is 0 Å². The van der Waals surface area contributed by atoms with Gasteiger partial charge in [0, 0.05) is 19.3 Å². The summed E-state index contributed by atoms with van der Waals surface area (Å²) in [4.78, 5) is 0. The fraction of sp³-hybridized carbons (Fsp3) is 0.824. The highest BCUT2D eigenvalue weighted by Crippen LogP contribution is 2.60. The number of hydrogen-bond acceptors (Lipinski definition) is 2. The summed E-state index contributed by atoms with van der Waals surface area (Å²) in [6.45, 7) is 9.00. The lowest BCUT2D eigenvalue weighted by Gasteiger charge is -2.32. The molecule has 0 bridgehead atoms. The molecule has 0 aromatic carbocycles. The summed E-state index contributed by atoms with van der Waals surface area (Å²) in [6, 6.07) is 2.27. The minimum atomic E-state index is 0.489. The molecule has 3 nitrogen and oxygen atoms in total. The predicted octanol–water partition coefficient (Wildman–Crippen LogP) is 2.93. The summed E-state index contributed by atoms with van der Waals surface area (Å²) >= 11 is 0. The average Bonchev–Trinajstić information content (AvgIpc) is 2.83. The van der Waals surface area contributed by atoms with Gasteiger partial charge in [-0.2, -0.15) is 5.10 Å². The second-order valence-electron chi connectivity index (χ2n) is 7.77. The average molecular weight is 275 g/mol. The van der Waals surface area contributed by atoms with E-state index in [9.17, 15) is 0 Å². The van der Waals surface area contributed by atoms with E-state index in [1.54, 1.807) is 0 Å². The number of aryl methyl sites for hydroxylation is 2. The Bertz CT molecular complexity index is 465. The first-order valence-corrected chi connectivity index (χ1v) is 8.18. The highest BCUT2D eigenvalue weighted by atomic mass is 15.3. The molecule has 0 radical (unpaired) electrons. The van der Waals surface area contributed by atoms with Crippen LogP contribution in [-0.4, -0.2) is 22.9 Å². The summed E-state index contributed by atoms with van der Waals surface area (Å²) in [5.74, 6) is 2.80. The van der Waals surface area contributed by atoms with E-state index in [0.717, 1.165) is 30.0 Å². The van der Waals surface area contributed by atoms with Crippen LogP contribution in [0.15, 0.2) is 6.07 Å². The number of nitrogens with zero attached hydrogens (tertiary/aromatic N) is 2. The van der Waals surface area contributed by atoms with Crippen LogP contribution in [-0.2, 0) is 13.5 Å². The predicted molar refractivity (Wildman–Crippen MR) is 82.6 cm³/mol. The summed E-state index contributed by atoms with van der Waals surface area (Å²) < 4.78 is 2.09. The van der Waals surface area contributed by atoms with Gasteiger partial charge in [-0.15, -0.1) is 0 Å². The molecular weight excluding hydrogens is 246 g/mol. The smallest absolute Gasteiger partial charge is 0.0596 e. The second-order valence-corrected chi connectivity index (χ2v) is 7.77. The largest absolute Gasteiger partial charge is 0.316 e. The number of fused-ring (bicyclic) bond motifs is 1. The van der Waals surface area contributed by atoms with Crippen LogP contribution in [0.5, 0.6) is 0 Å². The SMILES string of the molecule is Cc1cc(CC2(CNCC(C)C)CC3CC3C2)n(C)n1. The Labute approximate surface area is 123 Å². The molecule has 1 aromatic heterocycles. The summed E-state index contributed by atoms with van der Waals surface area (Å²) in [6.07, 6.45) is 5.54. The van der Waals surface area contributed by atoms with E-state index in [4.69, 9.17) is 0 Å². The molecule has 0 spiro atoms. The molecule has 2 atom stereocenters. The monoisotopic (exact) mass is 275 g/mol. The van der Waals surface area contributed by atoms with Crippen LogP contribution >= 0.6 is 0 Å². The number of hydrogen-bond donors (Lipinski definition) is 1. The molecule has 2 aliphatic rings. The van der Waals surface area contributed by atoms with E-state index in [1.807, 2.05) is 0 Å². The lowest BCUT2D eigenvalue weighted by Crippen LogP contribution is -2.37. The van der Waals surface area contributed by atoms with E-state index in [-0.39, 0.29) is 0 Å². The molecule has 3 rings (SSSR count). The maximum atomic E-state index is 4.52. The van der Waals surface area contributed by atoms with Crippen molar-refractivity contribution < 1.29 is 0 Å². The highest BCUT2D eigenvalue weighted by molar-refractivity contribution is 5.15. The summed E-state index contributed by atoms with van der Waals surface area (Å²) in [5, 5.41) is 8.24. The lowest BCUT2D eigenvalue weighted by molar-refractivity contribution is 0.240. The molecule has 1 heterocycles. The minimum Gasteiger partial charge on any atom is -0.316 e. The first-order valence-electron chi connectivity index (χ1n) is 8.18. The van der Waals surface area contributed by atoms with Gasteiger partial charge in [0.05, 0.1) is 5.69 Å². The Kier molecular flexibility index (Phi) is 3.65. The van der Waals surface area contributed by atoms with Gasteiger partial charge in [-0.1, -0.05) is 13.8 Å².